The van der Waals surface area contributed by atoms with Crippen LogP contribution in [0.15, 0.2) is 35.1 Å². The highest BCUT2D eigenvalue weighted by molar-refractivity contribution is 8.16. The summed E-state index contributed by atoms with van der Waals surface area (Å²) in [5, 5.41) is 9.83. The van der Waals surface area contributed by atoms with Gasteiger partial charge in [0.2, 0.25) is 11.0 Å². The van der Waals surface area contributed by atoms with E-state index in [1.807, 2.05) is 13.8 Å². The molecule has 1 amide bonds. The lowest BCUT2D eigenvalue weighted by Gasteiger charge is -2.50. The average Bonchev–Trinajstić information content (AvgIpc) is 2.76. The number of ether oxygens (including phenoxy) is 1. The molecular formula is C27H40ClNO6S2Si. The summed E-state index contributed by atoms with van der Waals surface area (Å²) in [4.78, 5) is 40.6. The van der Waals surface area contributed by atoms with Crippen molar-refractivity contribution in [2.24, 2.45) is 11.3 Å². The van der Waals surface area contributed by atoms with Gasteiger partial charge in [-0.3, -0.25) is 14.5 Å². The second kappa shape index (κ2) is 12.4. The van der Waals surface area contributed by atoms with E-state index in [0.29, 0.717) is 28.3 Å². The third kappa shape index (κ3) is 7.59. The molecule has 1 heterocycles. The van der Waals surface area contributed by atoms with Gasteiger partial charge in [-0.1, -0.05) is 60.1 Å². The van der Waals surface area contributed by atoms with E-state index in [9.17, 15) is 19.5 Å². The first-order valence-corrected chi connectivity index (χ1v) is 17.7. The minimum atomic E-state index is -2.18. The lowest BCUT2D eigenvalue weighted by molar-refractivity contribution is -0.157. The molecule has 1 aliphatic rings. The normalized spacial score (nSPS) is 20.0. The summed E-state index contributed by atoms with van der Waals surface area (Å²) in [7, 11) is -2.18. The Morgan fingerprint density at radius 1 is 1.13 bits per heavy atom. The van der Waals surface area contributed by atoms with Gasteiger partial charge in [0.05, 0.1) is 17.4 Å². The quantitative estimate of drug-likeness (QED) is 0.130. The van der Waals surface area contributed by atoms with E-state index in [4.69, 9.17) is 20.8 Å². The number of aliphatic carboxylic acids is 1. The van der Waals surface area contributed by atoms with Crippen molar-refractivity contribution >= 4 is 60.4 Å². The van der Waals surface area contributed by atoms with Crippen LogP contribution in [0.1, 0.15) is 55.4 Å². The topological polar surface area (TPSA) is 93.1 Å². The molecule has 1 N–H and O–H groups in total. The molecule has 1 fully saturated rings. The summed E-state index contributed by atoms with van der Waals surface area (Å²) in [6, 6.07) is 6.37. The number of hydrogen-bond donors (Lipinski definition) is 1. The molecule has 0 aromatic heterocycles. The summed E-state index contributed by atoms with van der Waals surface area (Å²) >= 11 is 8.15. The van der Waals surface area contributed by atoms with Gasteiger partial charge in [0.25, 0.3) is 0 Å². The number of nitrogens with zero attached hydrogens (tertiary/aromatic N) is 1. The van der Waals surface area contributed by atoms with E-state index in [1.165, 1.54) is 16.7 Å². The molecule has 11 heteroatoms. The van der Waals surface area contributed by atoms with Crippen molar-refractivity contribution in [3.05, 3.63) is 40.1 Å². The first kappa shape index (κ1) is 32.7. The minimum Gasteiger partial charge on any atom is -0.476 e. The van der Waals surface area contributed by atoms with Crippen LogP contribution in [0.25, 0.3) is 0 Å². The Morgan fingerprint density at radius 2 is 1.68 bits per heavy atom. The molecule has 0 radical (unpaired) electrons. The summed E-state index contributed by atoms with van der Waals surface area (Å²) in [5.41, 5.74) is -1.12. The van der Waals surface area contributed by atoms with Gasteiger partial charge in [-0.05, 0) is 66.8 Å². The van der Waals surface area contributed by atoms with Crippen molar-refractivity contribution < 1.29 is 28.7 Å². The van der Waals surface area contributed by atoms with E-state index < -0.39 is 37.1 Å². The fraction of sp³-hybridized carbons (Fsp3) is 0.593. The monoisotopic (exact) mass is 601 g/mol. The zero-order chi connectivity index (χ0) is 29.2. The average molecular weight is 602 g/mol. The Hall–Kier alpha value is -1.46. The molecule has 0 saturated carbocycles. The Morgan fingerprint density at radius 3 is 2.13 bits per heavy atom. The highest BCUT2D eigenvalue weighted by Gasteiger charge is 2.55. The molecule has 212 valence electrons. The molecule has 0 spiro atoms. The van der Waals surface area contributed by atoms with E-state index in [2.05, 4.69) is 33.9 Å². The Labute approximate surface area is 241 Å². The van der Waals surface area contributed by atoms with E-state index in [0.717, 1.165) is 0 Å². The fourth-order valence-corrected chi connectivity index (χ4v) is 7.17. The smallest absolute Gasteiger partial charge is 0.357 e. The van der Waals surface area contributed by atoms with Crippen molar-refractivity contribution in [1.82, 2.24) is 4.90 Å². The third-order valence-corrected chi connectivity index (χ3v) is 13.9. The number of β-lactam (4-membered cyclic amide) rings is 1. The largest absolute Gasteiger partial charge is 0.476 e. The number of hydrogen-bond acceptors (Lipinski definition) is 7. The molecule has 1 aromatic rings. The summed E-state index contributed by atoms with van der Waals surface area (Å²) in [5.74, 6) is -1.28. The number of likely N-dealkylation sites (tertiary alicyclic amines) is 1. The van der Waals surface area contributed by atoms with Gasteiger partial charge >= 0.3 is 5.97 Å². The molecule has 1 saturated heterocycles. The molecule has 0 aliphatic carbocycles. The van der Waals surface area contributed by atoms with Gasteiger partial charge in [-0.25, -0.2) is 4.79 Å². The highest BCUT2D eigenvalue weighted by Crippen LogP contribution is 2.46. The number of carboxylic acids is 1. The number of amides is 1. The van der Waals surface area contributed by atoms with Crippen LogP contribution in [-0.4, -0.2) is 52.5 Å². The first-order valence-electron chi connectivity index (χ1n) is 12.6. The predicted octanol–water partition coefficient (Wildman–Crippen LogP) is 7.23. The number of thioether (sulfide) groups is 2. The zero-order valence-corrected chi connectivity index (χ0v) is 27.3. The maximum atomic E-state index is 13.6. The Bertz CT molecular complexity index is 1080. The number of rotatable bonds is 10. The van der Waals surface area contributed by atoms with E-state index in [1.54, 1.807) is 45.0 Å². The minimum absolute atomic E-state index is 0.0448. The molecule has 2 rings (SSSR count). The SMILES string of the molecule is CCS[C@@H]1[C@@H]([C@@H](C)O[Si](C)(C)C(C)(C)C)C(=O)N1C(C(=O)O)=C(Oc1ccc(Cl)cc1)SC(=O)C(C)(C)C. The number of carbonyl (C=O) groups excluding carboxylic acids is 2. The molecule has 0 unspecified atom stereocenters. The van der Waals surface area contributed by atoms with Gasteiger partial charge in [-0.2, -0.15) is 0 Å². The molecular weight excluding hydrogens is 562 g/mol. The third-order valence-electron chi connectivity index (χ3n) is 6.67. The number of benzene rings is 1. The maximum Gasteiger partial charge on any atom is 0.357 e. The number of carboxylic acid groups (broad SMARTS) is 1. The van der Waals surface area contributed by atoms with E-state index >= 15 is 0 Å². The number of halogens is 1. The molecule has 38 heavy (non-hydrogen) atoms. The van der Waals surface area contributed by atoms with Crippen molar-refractivity contribution in [3.8, 4) is 5.75 Å². The standard InChI is InChI=1S/C27H40ClNO6S2Si/c1-11-36-22-19(16(2)35-38(9,10)27(6,7)8)21(30)29(22)20(23(31)32)24(37-25(33)26(3,4)5)34-18-14-12-17(28)13-15-18/h12-16,19,22H,11H2,1-10H3,(H,31,32)/t16-,19+,22-/m1/s1. The van der Waals surface area contributed by atoms with Crippen LogP contribution in [0.4, 0.5) is 0 Å². The highest BCUT2D eigenvalue weighted by atomic mass is 35.5. The summed E-state index contributed by atoms with van der Waals surface area (Å²) < 4.78 is 12.5. The number of carbonyl (C=O) groups is 3. The molecule has 0 bridgehead atoms. The van der Waals surface area contributed by atoms with Crippen LogP contribution in [0.2, 0.25) is 23.2 Å². The van der Waals surface area contributed by atoms with Crippen LogP contribution in [-0.2, 0) is 18.8 Å². The predicted molar refractivity (Wildman–Crippen MR) is 159 cm³/mol. The van der Waals surface area contributed by atoms with Crippen molar-refractivity contribution in [2.45, 2.75) is 85.0 Å². The molecule has 7 nitrogen and oxygen atoms in total. The van der Waals surface area contributed by atoms with Crippen LogP contribution >= 0.6 is 35.1 Å². The first-order chi connectivity index (χ1) is 17.3. The van der Waals surface area contributed by atoms with Crippen LogP contribution in [0, 0.1) is 11.3 Å². The molecule has 1 aliphatic heterocycles. The zero-order valence-electron chi connectivity index (χ0n) is 23.9. The summed E-state index contributed by atoms with van der Waals surface area (Å²) in [6.07, 6.45) is -0.400. The van der Waals surface area contributed by atoms with Gasteiger partial charge in [0.1, 0.15) is 5.75 Å². The van der Waals surface area contributed by atoms with Crippen molar-refractivity contribution in [1.29, 1.82) is 0 Å². The lowest BCUT2D eigenvalue weighted by Crippen LogP contribution is -2.64. The van der Waals surface area contributed by atoms with Gasteiger partial charge < -0.3 is 14.3 Å². The second-order valence-electron chi connectivity index (χ2n) is 11.8. The molecule has 3 atom stereocenters. The maximum absolute atomic E-state index is 13.6. The van der Waals surface area contributed by atoms with Crippen molar-refractivity contribution in [3.63, 3.8) is 0 Å². The van der Waals surface area contributed by atoms with Gasteiger partial charge in [-0.15, -0.1) is 11.8 Å². The van der Waals surface area contributed by atoms with Crippen LogP contribution < -0.4 is 4.74 Å². The Balaban J connectivity index is 2.56. The van der Waals surface area contributed by atoms with E-state index in [-0.39, 0.29) is 26.8 Å². The second-order valence-corrected chi connectivity index (χ2v) is 19.3. The van der Waals surface area contributed by atoms with Crippen molar-refractivity contribution in [2.75, 3.05) is 5.75 Å². The molecule has 1 aromatic carbocycles. The van der Waals surface area contributed by atoms with Gasteiger partial charge in [0.15, 0.2) is 19.1 Å². The lowest BCUT2D eigenvalue weighted by atomic mass is 9.92. The fourth-order valence-electron chi connectivity index (χ4n) is 3.47. The van der Waals surface area contributed by atoms with Crippen LogP contribution in [0.5, 0.6) is 5.75 Å². The summed E-state index contributed by atoms with van der Waals surface area (Å²) in [6.45, 7) is 19.7. The van der Waals surface area contributed by atoms with Crippen LogP contribution in [0.3, 0.4) is 0 Å². The van der Waals surface area contributed by atoms with Gasteiger partial charge in [0, 0.05) is 10.4 Å². The Kier molecular flexibility index (Phi) is 10.7.